The molecule has 2 aromatic rings. The maximum Gasteiger partial charge on any atom is 0.167 e. The van der Waals surface area contributed by atoms with Gasteiger partial charge < -0.3 is 4.74 Å². The average Bonchev–Trinajstić information content (AvgIpc) is 2.49. The average molecular weight is 282 g/mol. The molecule has 110 valence electrons. The summed E-state index contributed by atoms with van der Waals surface area (Å²) in [7, 11) is 0. The molecule has 0 heterocycles. The SMILES string of the molecule is CCCOc1cccc(C(=O)Cc2c(C)cccc2C)c1. The Hall–Kier alpha value is -2.09. The number of carbonyl (C=O) groups excluding carboxylic acids is 1. The Morgan fingerprint density at radius 3 is 2.38 bits per heavy atom. The molecule has 0 aromatic heterocycles. The van der Waals surface area contributed by atoms with E-state index in [-0.39, 0.29) is 5.78 Å². The van der Waals surface area contributed by atoms with Crippen LogP contribution in [-0.4, -0.2) is 12.4 Å². The van der Waals surface area contributed by atoms with E-state index in [9.17, 15) is 4.79 Å². The fraction of sp³-hybridized carbons (Fsp3) is 0.316. The van der Waals surface area contributed by atoms with Gasteiger partial charge in [-0.15, -0.1) is 0 Å². The van der Waals surface area contributed by atoms with Crippen LogP contribution < -0.4 is 4.74 Å². The molecule has 0 bridgehead atoms. The van der Waals surface area contributed by atoms with Gasteiger partial charge in [0, 0.05) is 12.0 Å². The summed E-state index contributed by atoms with van der Waals surface area (Å²) in [6.45, 7) is 6.84. The van der Waals surface area contributed by atoms with Crippen molar-refractivity contribution in [1.82, 2.24) is 0 Å². The van der Waals surface area contributed by atoms with Gasteiger partial charge in [0.05, 0.1) is 6.61 Å². The molecule has 2 rings (SSSR count). The van der Waals surface area contributed by atoms with Gasteiger partial charge in [0.1, 0.15) is 5.75 Å². The molecule has 0 unspecified atom stereocenters. The number of Topliss-reactive ketones (excluding diaryl/α,β-unsaturated/α-hetero) is 1. The van der Waals surface area contributed by atoms with Crippen LogP contribution in [0.15, 0.2) is 42.5 Å². The number of hydrogen-bond donors (Lipinski definition) is 0. The van der Waals surface area contributed by atoms with E-state index in [1.54, 1.807) is 0 Å². The van der Waals surface area contributed by atoms with Crippen molar-refractivity contribution in [2.45, 2.75) is 33.6 Å². The summed E-state index contributed by atoms with van der Waals surface area (Å²) in [5.74, 6) is 0.901. The molecule has 21 heavy (non-hydrogen) atoms. The van der Waals surface area contributed by atoms with Crippen molar-refractivity contribution < 1.29 is 9.53 Å². The van der Waals surface area contributed by atoms with Crippen LogP contribution in [0.2, 0.25) is 0 Å². The van der Waals surface area contributed by atoms with Gasteiger partial charge in [-0.1, -0.05) is 37.3 Å². The van der Waals surface area contributed by atoms with Crippen LogP contribution in [0.3, 0.4) is 0 Å². The summed E-state index contributed by atoms with van der Waals surface area (Å²) in [6, 6.07) is 13.6. The zero-order chi connectivity index (χ0) is 15.2. The predicted octanol–water partition coefficient (Wildman–Crippen LogP) is 4.52. The molecular formula is C19H22O2. The molecule has 0 N–H and O–H groups in total. The highest BCUT2D eigenvalue weighted by Crippen LogP contribution is 2.19. The molecule has 0 atom stereocenters. The number of aryl methyl sites for hydroxylation is 2. The van der Waals surface area contributed by atoms with Crippen molar-refractivity contribution in [3.63, 3.8) is 0 Å². The molecular weight excluding hydrogens is 260 g/mol. The summed E-state index contributed by atoms with van der Waals surface area (Å²) >= 11 is 0. The van der Waals surface area contributed by atoms with Crippen LogP contribution in [0.25, 0.3) is 0 Å². The predicted molar refractivity (Wildman–Crippen MR) is 86.2 cm³/mol. The van der Waals surface area contributed by atoms with Crippen LogP contribution in [0, 0.1) is 13.8 Å². The highest BCUT2D eigenvalue weighted by Gasteiger charge is 2.11. The lowest BCUT2D eigenvalue weighted by Crippen LogP contribution is -2.07. The second-order valence-corrected chi connectivity index (χ2v) is 5.35. The number of rotatable bonds is 6. The molecule has 0 aliphatic heterocycles. The van der Waals surface area contributed by atoms with Crippen LogP contribution >= 0.6 is 0 Å². The van der Waals surface area contributed by atoms with Crippen molar-refractivity contribution in [2.24, 2.45) is 0 Å². The largest absolute Gasteiger partial charge is 0.494 e. The molecule has 2 aromatic carbocycles. The first-order valence-corrected chi connectivity index (χ1v) is 7.43. The van der Waals surface area contributed by atoms with E-state index >= 15 is 0 Å². The van der Waals surface area contributed by atoms with E-state index in [1.165, 1.54) is 11.1 Å². The third kappa shape index (κ3) is 3.94. The number of hydrogen-bond acceptors (Lipinski definition) is 2. The smallest absolute Gasteiger partial charge is 0.167 e. The first kappa shape index (κ1) is 15.3. The minimum Gasteiger partial charge on any atom is -0.494 e. The van der Waals surface area contributed by atoms with E-state index < -0.39 is 0 Å². The Bertz CT molecular complexity index is 609. The molecule has 0 spiro atoms. The van der Waals surface area contributed by atoms with Gasteiger partial charge in [-0.3, -0.25) is 4.79 Å². The Labute approximate surface area is 126 Å². The fourth-order valence-electron chi connectivity index (χ4n) is 2.37. The summed E-state index contributed by atoms with van der Waals surface area (Å²) in [6.07, 6.45) is 1.40. The van der Waals surface area contributed by atoms with E-state index in [0.717, 1.165) is 17.7 Å². The summed E-state index contributed by atoms with van der Waals surface area (Å²) in [5, 5.41) is 0. The lowest BCUT2D eigenvalue weighted by Gasteiger charge is -2.10. The third-order valence-electron chi connectivity index (χ3n) is 3.61. The molecule has 0 aliphatic carbocycles. The molecule has 2 heteroatoms. The maximum atomic E-state index is 12.5. The van der Waals surface area contributed by atoms with Crippen molar-refractivity contribution in [2.75, 3.05) is 6.61 Å². The van der Waals surface area contributed by atoms with Crippen LogP contribution in [0.5, 0.6) is 5.75 Å². The highest BCUT2D eigenvalue weighted by molar-refractivity contribution is 5.98. The molecule has 2 nitrogen and oxygen atoms in total. The Balaban J connectivity index is 2.17. The fourth-order valence-corrected chi connectivity index (χ4v) is 2.37. The molecule has 0 radical (unpaired) electrons. The number of benzene rings is 2. The molecule has 0 fully saturated rings. The van der Waals surface area contributed by atoms with Gasteiger partial charge in [-0.25, -0.2) is 0 Å². The van der Waals surface area contributed by atoms with Gasteiger partial charge >= 0.3 is 0 Å². The summed E-state index contributed by atoms with van der Waals surface area (Å²) in [4.78, 5) is 12.5. The molecule has 0 saturated carbocycles. The maximum absolute atomic E-state index is 12.5. The quantitative estimate of drug-likeness (QED) is 0.728. The van der Waals surface area contributed by atoms with E-state index in [1.807, 2.05) is 30.3 Å². The zero-order valence-corrected chi connectivity index (χ0v) is 13.0. The third-order valence-corrected chi connectivity index (χ3v) is 3.61. The van der Waals surface area contributed by atoms with Crippen molar-refractivity contribution >= 4 is 5.78 Å². The minimum atomic E-state index is 0.134. The number of ether oxygens (including phenoxy) is 1. The highest BCUT2D eigenvalue weighted by atomic mass is 16.5. The van der Waals surface area contributed by atoms with Crippen molar-refractivity contribution in [3.05, 3.63) is 64.7 Å². The second-order valence-electron chi connectivity index (χ2n) is 5.35. The van der Waals surface area contributed by atoms with E-state index in [2.05, 4.69) is 32.9 Å². The van der Waals surface area contributed by atoms with Crippen LogP contribution in [0.4, 0.5) is 0 Å². The summed E-state index contributed by atoms with van der Waals surface area (Å²) < 4.78 is 5.59. The van der Waals surface area contributed by atoms with E-state index in [4.69, 9.17) is 4.74 Å². The molecule has 0 saturated heterocycles. The second kappa shape index (κ2) is 7.07. The van der Waals surface area contributed by atoms with Gasteiger partial charge in [-0.2, -0.15) is 0 Å². The Kier molecular flexibility index (Phi) is 5.15. The monoisotopic (exact) mass is 282 g/mol. The standard InChI is InChI=1S/C19H22O2/c1-4-11-21-17-10-6-9-16(12-17)19(20)13-18-14(2)7-5-8-15(18)3/h5-10,12H,4,11,13H2,1-3H3. The van der Waals surface area contributed by atoms with Gasteiger partial charge in [0.2, 0.25) is 0 Å². The minimum absolute atomic E-state index is 0.134. The van der Waals surface area contributed by atoms with Gasteiger partial charge in [0.15, 0.2) is 5.78 Å². The van der Waals surface area contributed by atoms with Crippen LogP contribution in [-0.2, 0) is 6.42 Å². The topological polar surface area (TPSA) is 26.3 Å². The first-order valence-electron chi connectivity index (χ1n) is 7.43. The lowest BCUT2D eigenvalue weighted by atomic mass is 9.95. The van der Waals surface area contributed by atoms with Gasteiger partial charge in [0.25, 0.3) is 0 Å². The lowest BCUT2D eigenvalue weighted by molar-refractivity contribution is 0.0992. The Morgan fingerprint density at radius 1 is 1.05 bits per heavy atom. The summed E-state index contributed by atoms with van der Waals surface area (Å²) in [5.41, 5.74) is 4.18. The normalized spacial score (nSPS) is 10.4. The first-order chi connectivity index (χ1) is 10.1. The van der Waals surface area contributed by atoms with Crippen LogP contribution in [0.1, 0.15) is 40.4 Å². The molecule has 0 amide bonds. The number of ketones is 1. The Morgan fingerprint density at radius 2 is 1.71 bits per heavy atom. The number of carbonyl (C=O) groups is 1. The van der Waals surface area contributed by atoms with Gasteiger partial charge in [-0.05, 0) is 49.1 Å². The van der Waals surface area contributed by atoms with E-state index in [0.29, 0.717) is 18.6 Å². The molecule has 0 aliphatic rings. The zero-order valence-electron chi connectivity index (χ0n) is 13.0. The van der Waals surface area contributed by atoms with Crippen molar-refractivity contribution in [3.8, 4) is 5.75 Å². The van der Waals surface area contributed by atoms with Crippen molar-refractivity contribution in [1.29, 1.82) is 0 Å².